The summed E-state index contributed by atoms with van der Waals surface area (Å²) in [6, 6.07) is 11.1. The molecule has 2 aromatic rings. The van der Waals surface area contributed by atoms with Gasteiger partial charge in [0, 0.05) is 11.1 Å². The number of phenols is 2. The van der Waals surface area contributed by atoms with Crippen molar-refractivity contribution in [3.8, 4) is 22.6 Å². The van der Waals surface area contributed by atoms with E-state index in [0.29, 0.717) is 0 Å². The van der Waals surface area contributed by atoms with Gasteiger partial charge in [-0.2, -0.15) is 0 Å². The van der Waals surface area contributed by atoms with Gasteiger partial charge in [-0.05, 0) is 35.4 Å². The van der Waals surface area contributed by atoms with Crippen LogP contribution in [0, 0.1) is 0 Å². The predicted molar refractivity (Wildman–Crippen MR) is 98.7 cm³/mol. The summed E-state index contributed by atoms with van der Waals surface area (Å²) in [6.07, 6.45) is 0. The smallest absolute Gasteiger partial charge is 0.116 e. The topological polar surface area (TPSA) is 40.5 Å². The van der Waals surface area contributed by atoms with E-state index in [1.165, 1.54) is 0 Å². The zero-order valence-corrected chi connectivity index (χ0v) is 15.7. The highest BCUT2D eigenvalue weighted by atomic mass is 16.3. The predicted octanol–water partition coefficient (Wildman–Crippen LogP) is 3.18. The molecule has 2 rings (SSSR count). The molecular formula is C20H30N2O2+2. The van der Waals surface area contributed by atoms with Gasteiger partial charge in [0.25, 0.3) is 0 Å². The van der Waals surface area contributed by atoms with Crippen LogP contribution in [0.3, 0.4) is 0 Å². The fourth-order valence-corrected chi connectivity index (χ4v) is 2.97. The average molecular weight is 330 g/mol. The molecule has 0 heterocycles. The third-order valence-corrected chi connectivity index (χ3v) is 3.76. The van der Waals surface area contributed by atoms with E-state index < -0.39 is 0 Å². The van der Waals surface area contributed by atoms with Crippen LogP contribution in [0.5, 0.6) is 11.5 Å². The minimum absolute atomic E-state index is 0.286. The minimum atomic E-state index is 0.286. The Labute approximate surface area is 145 Å². The first kappa shape index (κ1) is 18.3. The molecule has 0 bridgehead atoms. The molecule has 0 aliphatic heterocycles. The van der Waals surface area contributed by atoms with Crippen molar-refractivity contribution in [1.29, 1.82) is 0 Å². The Morgan fingerprint density at radius 2 is 0.958 bits per heavy atom. The number of phenolic OH excluding ortho intramolecular Hbond substituents is 2. The van der Waals surface area contributed by atoms with Crippen molar-refractivity contribution >= 4 is 0 Å². The number of nitrogens with zero attached hydrogens (tertiary/aromatic N) is 2. The van der Waals surface area contributed by atoms with Gasteiger partial charge in [0.1, 0.15) is 24.6 Å². The number of benzene rings is 2. The lowest BCUT2D eigenvalue weighted by Crippen LogP contribution is -2.34. The molecule has 2 aromatic carbocycles. The fraction of sp³-hybridized carbons (Fsp3) is 0.400. The monoisotopic (exact) mass is 330 g/mol. The van der Waals surface area contributed by atoms with Crippen molar-refractivity contribution in [3.05, 3.63) is 47.5 Å². The molecule has 4 nitrogen and oxygen atoms in total. The maximum atomic E-state index is 9.93. The maximum Gasteiger partial charge on any atom is 0.116 e. The van der Waals surface area contributed by atoms with Crippen LogP contribution in [-0.4, -0.2) is 61.5 Å². The second-order valence-corrected chi connectivity index (χ2v) is 8.58. The van der Waals surface area contributed by atoms with Crippen molar-refractivity contribution in [1.82, 2.24) is 0 Å². The summed E-state index contributed by atoms with van der Waals surface area (Å²) < 4.78 is 1.55. The van der Waals surface area contributed by atoms with E-state index in [2.05, 4.69) is 42.3 Å². The van der Waals surface area contributed by atoms with Crippen LogP contribution in [-0.2, 0) is 13.1 Å². The largest absolute Gasteiger partial charge is 0.508 e. The number of hydrogen-bond acceptors (Lipinski definition) is 2. The van der Waals surface area contributed by atoms with Gasteiger partial charge >= 0.3 is 0 Å². The van der Waals surface area contributed by atoms with Crippen molar-refractivity contribution in [2.45, 2.75) is 13.1 Å². The van der Waals surface area contributed by atoms with Crippen LogP contribution in [0.4, 0.5) is 0 Å². The van der Waals surface area contributed by atoms with Gasteiger partial charge in [-0.3, -0.25) is 0 Å². The molecule has 0 aliphatic carbocycles. The number of aromatic hydroxyl groups is 2. The van der Waals surface area contributed by atoms with Crippen LogP contribution >= 0.6 is 0 Å². The number of rotatable bonds is 5. The molecule has 0 spiro atoms. The molecule has 0 atom stereocenters. The SMILES string of the molecule is C[N+](C)(C)Cc1cc(O)ccc1-c1ccc(O)cc1C[N+](C)(C)C. The first-order valence-corrected chi connectivity index (χ1v) is 8.20. The summed E-state index contributed by atoms with van der Waals surface area (Å²) in [4.78, 5) is 0. The first-order chi connectivity index (χ1) is 10.9. The Morgan fingerprint density at radius 3 is 1.25 bits per heavy atom. The van der Waals surface area contributed by atoms with Gasteiger partial charge in [0.05, 0.1) is 42.3 Å². The molecule has 0 fully saturated rings. The summed E-state index contributed by atoms with van der Waals surface area (Å²) >= 11 is 0. The molecule has 130 valence electrons. The quantitative estimate of drug-likeness (QED) is 0.827. The third kappa shape index (κ3) is 4.98. The van der Waals surface area contributed by atoms with Gasteiger partial charge in [-0.15, -0.1) is 0 Å². The van der Waals surface area contributed by atoms with E-state index in [-0.39, 0.29) is 11.5 Å². The summed E-state index contributed by atoms with van der Waals surface area (Å²) in [7, 11) is 12.8. The summed E-state index contributed by atoms with van der Waals surface area (Å²) in [6.45, 7) is 1.63. The van der Waals surface area contributed by atoms with Crippen molar-refractivity contribution in [3.63, 3.8) is 0 Å². The molecule has 0 unspecified atom stereocenters. The van der Waals surface area contributed by atoms with Gasteiger partial charge in [0.15, 0.2) is 0 Å². The normalized spacial score (nSPS) is 12.4. The Balaban J connectivity index is 2.59. The third-order valence-electron chi connectivity index (χ3n) is 3.76. The standard InChI is InChI=1S/C20H28N2O2/c1-21(2,3)13-15-11-17(23)7-9-19(15)20-10-8-18(24)12-16(20)14-22(4,5)6/h7-12H,13-14H2,1-6H3/p+2. The molecule has 24 heavy (non-hydrogen) atoms. The minimum Gasteiger partial charge on any atom is -0.508 e. The zero-order chi connectivity index (χ0) is 18.1. The Bertz CT molecular complexity index is 662. The van der Waals surface area contributed by atoms with E-state index in [0.717, 1.165) is 44.3 Å². The zero-order valence-electron chi connectivity index (χ0n) is 15.7. The lowest BCUT2D eigenvalue weighted by atomic mass is 9.94. The summed E-state index contributed by atoms with van der Waals surface area (Å²) in [5.41, 5.74) is 4.44. The molecule has 0 amide bonds. The van der Waals surface area contributed by atoms with Crippen LogP contribution in [0.2, 0.25) is 0 Å². The maximum absolute atomic E-state index is 9.93. The van der Waals surface area contributed by atoms with E-state index in [1.54, 1.807) is 12.1 Å². The molecule has 0 aromatic heterocycles. The number of quaternary nitrogens is 2. The Kier molecular flexibility index (Phi) is 4.92. The van der Waals surface area contributed by atoms with Crippen molar-refractivity contribution < 1.29 is 19.2 Å². The van der Waals surface area contributed by atoms with Gasteiger partial charge < -0.3 is 19.2 Å². The van der Waals surface area contributed by atoms with Crippen molar-refractivity contribution in [2.75, 3.05) is 42.3 Å². The van der Waals surface area contributed by atoms with Gasteiger partial charge in [0.2, 0.25) is 0 Å². The van der Waals surface area contributed by atoms with E-state index >= 15 is 0 Å². The first-order valence-electron chi connectivity index (χ1n) is 8.20. The fourth-order valence-electron chi connectivity index (χ4n) is 2.97. The lowest BCUT2D eigenvalue weighted by molar-refractivity contribution is -0.884. The van der Waals surface area contributed by atoms with Gasteiger partial charge in [-0.25, -0.2) is 0 Å². The van der Waals surface area contributed by atoms with Crippen LogP contribution in [0.15, 0.2) is 36.4 Å². The second-order valence-electron chi connectivity index (χ2n) is 8.58. The molecule has 4 heteroatoms. The van der Waals surface area contributed by atoms with Crippen LogP contribution in [0.25, 0.3) is 11.1 Å². The average Bonchev–Trinajstić information content (AvgIpc) is 2.36. The van der Waals surface area contributed by atoms with Gasteiger partial charge in [-0.1, -0.05) is 12.1 Å². The van der Waals surface area contributed by atoms with E-state index in [1.807, 2.05) is 24.3 Å². The summed E-state index contributed by atoms with van der Waals surface area (Å²) in [5.74, 6) is 0.572. The Morgan fingerprint density at radius 1 is 0.625 bits per heavy atom. The molecule has 0 saturated heterocycles. The lowest BCUT2D eigenvalue weighted by Gasteiger charge is -2.27. The molecule has 0 radical (unpaired) electrons. The molecular weight excluding hydrogens is 300 g/mol. The highest BCUT2D eigenvalue weighted by Gasteiger charge is 2.19. The van der Waals surface area contributed by atoms with Crippen LogP contribution in [0.1, 0.15) is 11.1 Å². The van der Waals surface area contributed by atoms with Crippen LogP contribution < -0.4 is 0 Å². The van der Waals surface area contributed by atoms with Crippen molar-refractivity contribution in [2.24, 2.45) is 0 Å². The highest BCUT2D eigenvalue weighted by molar-refractivity contribution is 5.72. The number of hydrogen-bond donors (Lipinski definition) is 2. The van der Waals surface area contributed by atoms with E-state index in [9.17, 15) is 10.2 Å². The molecule has 0 aliphatic rings. The molecule has 2 N–H and O–H groups in total. The Hall–Kier alpha value is -2.04. The van der Waals surface area contributed by atoms with E-state index in [4.69, 9.17) is 0 Å². The summed E-state index contributed by atoms with van der Waals surface area (Å²) in [5, 5.41) is 19.9. The second kappa shape index (κ2) is 6.46. The molecule has 0 saturated carbocycles. The highest BCUT2D eigenvalue weighted by Crippen LogP contribution is 2.33.